The molecule has 8 rings (SSSR count). The number of halogens is 2. The minimum Gasteiger partial charge on any atom is -0.494 e. The molecule has 1 aliphatic carbocycles. The van der Waals surface area contributed by atoms with Crippen LogP contribution in [0.15, 0.2) is 59.5 Å². The first-order valence-electron chi connectivity index (χ1n) is 19.3. The Morgan fingerprint density at radius 2 is 1.75 bits per heavy atom. The van der Waals surface area contributed by atoms with Crippen molar-refractivity contribution in [2.24, 2.45) is 13.0 Å². The third-order valence-corrected chi connectivity index (χ3v) is 12.1. The fourth-order valence-corrected chi connectivity index (χ4v) is 8.99. The second kappa shape index (κ2) is 15.2. The monoisotopic (exact) mass is 768 g/mol. The van der Waals surface area contributed by atoms with E-state index in [9.17, 15) is 28.0 Å². The van der Waals surface area contributed by atoms with E-state index in [0.717, 1.165) is 86.3 Å². The quantitative estimate of drug-likeness (QED) is 0.187. The number of piperidine rings is 2. The fourth-order valence-electron chi connectivity index (χ4n) is 8.99. The summed E-state index contributed by atoms with van der Waals surface area (Å²) in [6.07, 6.45) is 8.61. The highest BCUT2D eigenvalue weighted by Crippen LogP contribution is 2.37. The molecule has 1 atom stereocenters. The number of methoxy groups -OCH3 is 1. The van der Waals surface area contributed by atoms with Crippen LogP contribution in [-0.2, 0) is 16.6 Å². The van der Waals surface area contributed by atoms with Crippen LogP contribution < -0.4 is 26.0 Å². The number of nitrogens with one attached hydrogen (secondary N) is 2. The van der Waals surface area contributed by atoms with Crippen molar-refractivity contribution in [2.45, 2.75) is 69.5 Å². The number of fused-ring (bicyclic) bond motifs is 2. The van der Waals surface area contributed by atoms with Gasteiger partial charge in [0, 0.05) is 56.8 Å². The number of nitrogens with zero attached hydrogens (tertiary/aromatic N) is 6. The summed E-state index contributed by atoms with van der Waals surface area (Å²) in [5.41, 5.74) is 2.91. The highest BCUT2D eigenvalue weighted by Gasteiger charge is 2.33. The van der Waals surface area contributed by atoms with Crippen molar-refractivity contribution in [3.8, 4) is 5.75 Å². The Bertz CT molecular complexity index is 2390. The van der Waals surface area contributed by atoms with Crippen LogP contribution in [0.3, 0.4) is 0 Å². The number of rotatable bonds is 9. The maximum absolute atomic E-state index is 14.3. The molecule has 1 saturated carbocycles. The lowest BCUT2D eigenvalue weighted by molar-refractivity contribution is -0.135. The Hall–Kier alpha value is -5.57. The van der Waals surface area contributed by atoms with Gasteiger partial charge in [-0.2, -0.15) is 5.10 Å². The maximum Gasteiger partial charge on any atom is 0.329 e. The number of anilines is 2. The zero-order valence-electron chi connectivity index (χ0n) is 31.8. The van der Waals surface area contributed by atoms with Gasteiger partial charge in [-0.25, -0.2) is 13.6 Å². The molecule has 5 aromatic rings. The molecular weight excluding hydrogens is 722 g/mol. The number of imide groups is 1. The summed E-state index contributed by atoms with van der Waals surface area (Å²) in [5.74, 6) is -2.86. The molecule has 2 saturated heterocycles. The highest BCUT2D eigenvalue weighted by atomic mass is 19.2. The van der Waals surface area contributed by atoms with Gasteiger partial charge in [0.2, 0.25) is 11.8 Å². The van der Waals surface area contributed by atoms with E-state index in [2.05, 4.69) is 27.5 Å². The van der Waals surface area contributed by atoms with Crippen LogP contribution in [0.25, 0.3) is 21.9 Å². The Morgan fingerprint density at radius 1 is 1.00 bits per heavy atom. The average molecular weight is 769 g/mol. The summed E-state index contributed by atoms with van der Waals surface area (Å²) >= 11 is 0. The topological polar surface area (TPSA) is 136 Å². The third-order valence-electron chi connectivity index (χ3n) is 12.1. The summed E-state index contributed by atoms with van der Waals surface area (Å²) < 4.78 is 38.7. The standard InChI is InChI=1S/C41H46F2N8O5/c1-47(26-16-18-49(19-17-26)32-8-5-9-33-38(32)48(2)41(55)51(33)34-14-15-36(52)45-40(34)54)22-24-10-12-27(13-11-24)50-23-25-20-31(35(56-3)21-30(25)46-50)44-39(53)28-6-4-7-29(42)37(28)43/h4-9,20-21,23-24,26-27,34H,10-19,22H2,1-3H3,(H,44,53)(H,45,52,54)/t24-,27-,34?. The number of amides is 3. The number of para-hydroxylation sites is 1. The van der Waals surface area contributed by atoms with Gasteiger partial charge in [-0.1, -0.05) is 12.1 Å². The van der Waals surface area contributed by atoms with Gasteiger partial charge in [0.05, 0.1) is 46.6 Å². The minimum atomic E-state index is -1.20. The molecule has 294 valence electrons. The Morgan fingerprint density at radius 3 is 2.48 bits per heavy atom. The Labute approximate surface area is 322 Å². The van der Waals surface area contributed by atoms with Crippen LogP contribution in [0, 0.1) is 17.6 Å². The lowest BCUT2D eigenvalue weighted by Crippen LogP contribution is -2.45. The first-order valence-corrected chi connectivity index (χ1v) is 19.3. The van der Waals surface area contributed by atoms with Gasteiger partial charge in [-0.3, -0.25) is 33.5 Å². The summed E-state index contributed by atoms with van der Waals surface area (Å²) in [7, 11) is 5.45. The molecule has 2 aromatic heterocycles. The lowest BCUT2D eigenvalue weighted by atomic mass is 9.85. The Balaban J connectivity index is 0.870. The van der Waals surface area contributed by atoms with Crippen LogP contribution >= 0.6 is 0 Å². The molecule has 4 heterocycles. The van der Waals surface area contributed by atoms with E-state index >= 15 is 0 Å². The first-order chi connectivity index (χ1) is 27.0. The molecule has 0 spiro atoms. The number of ether oxygens (including phenoxy) is 1. The molecule has 3 amide bonds. The molecule has 0 radical (unpaired) electrons. The van der Waals surface area contributed by atoms with E-state index in [0.29, 0.717) is 35.3 Å². The number of carbonyl (C=O) groups excluding carboxylic acids is 3. The fraction of sp³-hybridized carbons (Fsp3) is 0.439. The van der Waals surface area contributed by atoms with E-state index in [4.69, 9.17) is 9.84 Å². The SMILES string of the molecule is COc1cc2nn([C@H]3CC[C@H](CN(C)C4CCN(c5cccc6c5n(C)c(=O)n6C5CCC(=O)NC5=O)CC4)CC3)cc2cc1NC(=O)c1cccc(F)c1F. The number of hydrogen-bond donors (Lipinski definition) is 2. The van der Waals surface area contributed by atoms with Crippen molar-refractivity contribution in [2.75, 3.05) is 44.0 Å². The summed E-state index contributed by atoms with van der Waals surface area (Å²) in [6.45, 7) is 2.72. The van der Waals surface area contributed by atoms with E-state index in [-0.39, 0.29) is 29.6 Å². The molecular formula is C41H46F2N8O5. The third kappa shape index (κ3) is 6.92. The molecule has 1 unspecified atom stereocenters. The smallest absolute Gasteiger partial charge is 0.329 e. The number of aryl methyl sites for hydroxylation is 1. The molecule has 3 aromatic carbocycles. The summed E-state index contributed by atoms with van der Waals surface area (Å²) in [4.78, 5) is 55.6. The molecule has 15 heteroatoms. The molecule has 2 aliphatic heterocycles. The normalized spacial score (nSPS) is 20.9. The second-order valence-electron chi connectivity index (χ2n) is 15.4. The highest BCUT2D eigenvalue weighted by molar-refractivity contribution is 6.06. The van der Waals surface area contributed by atoms with Crippen LogP contribution in [0.5, 0.6) is 5.75 Å². The zero-order valence-corrected chi connectivity index (χ0v) is 31.8. The van der Waals surface area contributed by atoms with Crippen molar-refractivity contribution in [3.63, 3.8) is 0 Å². The van der Waals surface area contributed by atoms with Crippen LogP contribution in [0.1, 0.15) is 73.8 Å². The van der Waals surface area contributed by atoms with Gasteiger partial charge in [0.1, 0.15) is 11.8 Å². The number of benzene rings is 3. The van der Waals surface area contributed by atoms with Gasteiger partial charge in [0.25, 0.3) is 5.91 Å². The van der Waals surface area contributed by atoms with Gasteiger partial charge in [-0.15, -0.1) is 0 Å². The largest absolute Gasteiger partial charge is 0.494 e. The number of aromatic nitrogens is 4. The van der Waals surface area contributed by atoms with E-state index in [1.807, 2.05) is 29.1 Å². The summed E-state index contributed by atoms with van der Waals surface area (Å²) in [6, 6.07) is 12.8. The Kier molecular flexibility index (Phi) is 10.1. The predicted molar refractivity (Wildman–Crippen MR) is 208 cm³/mol. The summed E-state index contributed by atoms with van der Waals surface area (Å²) in [5, 5.41) is 10.7. The lowest BCUT2D eigenvalue weighted by Gasteiger charge is -2.40. The van der Waals surface area contributed by atoms with Crippen LogP contribution in [-0.4, -0.2) is 81.4 Å². The van der Waals surface area contributed by atoms with Crippen LogP contribution in [0.4, 0.5) is 20.2 Å². The molecule has 3 fully saturated rings. The van der Waals surface area contributed by atoms with Crippen molar-refractivity contribution in [3.05, 3.63) is 82.4 Å². The number of imidazole rings is 1. The maximum atomic E-state index is 14.3. The molecule has 2 N–H and O–H groups in total. The van der Waals surface area contributed by atoms with Crippen LogP contribution in [0.2, 0.25) is 0 Å². The van der Waals surface area contributed by atoms with Gasteiger partial charge >= 0.3 is 5.69 Å². The van der Waals surface area contributed by atoms with Gasteiger partial charge < -0.3 is 19.9 Å². The van der Waals surface area contributed by atoms with Crippen molar-refractivity contribution < 1.29 is 27.9 Å². The first kappa shape index (κ1) is 37.4. The van der Waals surface area contributed by atoms with E-state index < -0.39 is 29.5 Å². The van der Waals surface area contributed by atoms with Gasteiger partial charge in [-0.05, 0) is 88.2 Å². The zero-order chi connectivity index (χ0) is 39.2. The average Bonchev–Trinajstić information content (AvgIpc) is 3.73. The number of carbonyl (C=O) groups is 3. The minimum absolute atomic E-state index is 0.205. The number of hydrogen-bond acceptors (Lipinski definition) is 8. The van der Waals surface area contributed by atoms with Crippen molar-refractivity contribution in [1.82, 2.24) is 29.1 Å². The second-order valence-corrected chi connectivity index (χ2v) is 15.4. The molecule has 13 nitrogen and oxygen atoms in total. The molecule has 3 aliphatic rings. The van der Waals surface area contributed by atoms with Gasteiger partial charge in [0.15, 0.2) is 11.6 Å². The van der Waals surface area contributed by atoms with E-state index in [1.165, 1.54) is 19.2 Å². The molecule has 0 bridgehead atoms. The van der Waals surface area contributed by atoms with E-state index in [1.54, 1.807) is 28.3 Å². The van der Waals surface area contributed by atoms with Crippen molar-refractivity contribution in [1.29, 1.82) is 0 Å². The predicted octanol–water partition coefficient (Wildman–Crippen LogP) is 5.54. The molecule has 56 heavy (non-hydrogen) atoms. The van der Waals surface area contributed by atoms with Crippen molar-refractivity contribution >= 4 is 51.0 Å².